The van der Waals surface area contributed by atoms with Crippen molar-refractivity contribution in [3.05, 3.63) is 35.4 Å². The van der Waals surface area contributed by atoms with E-state index in [0.717, 1.165) is 5.56 Å². The Hall–Kier alpha value is -0.290. The fourth-order valence-electron chi connectivity index (χ4n) is 1.75. The Kier molecular flexibility index (Phi) is 4.47. The lowest BCUT2D eigenvalue weighted by Crippen LogP contribution is -2.35. The molecule has 1 aromatic carbocycles. The predicted octanol–water partition coefficient (Wildman–Crippen LogP) is 1.21. The molecule has 96 valence electrons. The molecule has 0 aliphatic carbocycles. The summed E-state index contributed by atoms with van der Waals surface area (Å²) in [4.78, 5) is 19.3. The lowest BCUT2D eigenvalue weighted by atomic mass is 9.93. The molecule has 5 N–H and O–H groups in total. The SMILES string of the molecule is CC(C)c1ccccc1C(O)(CN)P(O)(O)=S. The molecule has 17 heavy (non-hydrogen) atoms. The van der Waals surface area contributed by atoms with Crippen LogP contribution in [-0.4, -0.2) is 21.4 Å². The Bertz CT molecular complexity index is 446. The van der Waals surface area contributed by atoms with E-state index in [-0.39, 0.29) is 12.5 Å². The fraction of sp³-hybridized carbons (Fsp3) is 0.455. The van der Waals surface area contributed by atoms with Gasteiger partial charge < -0.3 is 20.6 Å². The maximum absolute atomic E-state index is 10.4. The van der Waals surface area contributed by atoms with Crippen LogP contribution in [0.15, 0.2) is 24.3 Å². The Morgan fingerprint density at radius 3 is 2.29 bits per heavy atom. The zero-order chi connectivity index (χ0) is 13.3. The van der Waals surface area contributed by atoms with E-state index in [2.05, 4.69) is 11.8 Å². The largest absolute Gasteiger partial charge is 0.374 e. The van der Waals surface area contributed by atoms with Gasteiger partial charge in [-0.15, -0.1) is 0 Å². The summed E-state index contributed by atoms with van der Waals surface area (Å²) >= 11 is 4.64. The molecule has 6 heteroatoms. The van der Waals surface area contributed by atoms with E-state index in [9.17, 15) is 14.9 Å². The molecular formula is C11H18NO3PS. The highest BCUT2D eigenvalue weighted by molar-refractivity contribution is 8.09. The summed E-state index contributed by atoms with van der Waals surface area (Å²) in [7, 11) is 0. The van der Waals surface area contributed by atoms with Crippen molar-refractivity contribution in [1.82, 2.24) is 0 Å². The van der Waals surface area contributed by atoms with Gasteiger partial charge in [0.05, 0.1) is 0 Å². The topological polar surface area (TPSA) is 86.7 Å². The first-order valence-electron chi connectivity index (χ1n) is 5.31. The molecule has 0 fully saturated rings. The number of hydrogen-bond acceptors (Lipinski definition) is 3. The minimum Gasteiger partial charge on any atom is -0.374 e. The summed E-state index contributed by atoms with van der Waals surface area (Å²) < 4.78 is 0. The van der Waals surface area contributed by atoms with Gasteiger partial charge in [0.1, 0.15) is 0 Å². The first-order valence-corrected chi connectivity index (χ1v) is 8.02. The van der Waals surface area contributed by atoms with Crippen molar-refractivity contribution >= 4 is 18.3 Å². The van der Waals surface area contributed by atoms with Crippen molar-refractivity contribution in [1.29, 1.82) is 0 Å². The van der Waals surface area contributed by atoms with E-state index in [1.807, 2.05) is 26.0 Å². The third kappa shape index (κ3) is 2.76. The first-order chi connectivity index (χ1) is 7.74. The molecule has 1 atom stereocenters. The zero-order valence-corrected chi connectivity index (χ0v) is 11.6. The summed E-state index contributed by atoms with van der Waals surface area (Å²) in [5.74, 6) is 0.130. The number of benzene rings is 1. The van der Waals surface area contributed by atoms with Crippen LogP contribution in [-0.2, 0) is 17.1 Å². The van der Waals surface area contributed by atoms with Crippen LogP contribution in [0.25, 0.3) is 0 Å². The van der Waals surface area contributed by atoms with Gasteiger partial charge in [0.25, 0.3) is 0 Å². The van der Waals surface area contributed by atoms with Crippen molar-refractivity contribution in [2.24, 2.45) is 5.73 Å². The maximum atomic E-state index is 10.4. The van der Waals surface area contributed by atoms with Gasteiger partial charge in [0, 0.05) is 6.54 Å². The summed E-state index contributed by atoms with van der Waals surface area (Å²) in [5.41, 5.74) is 6.71. The van der Waals surface area contributed by atoms with Gasteiger partial charge in [0.2, 0.25) is 6.49 Å². The Morgan fingerprint density at radius 1 is 1.35 bits per heavy atom. The van der Waals surface area contributed by atoms with Gasteiger partial charge in [-0.3, -0.25) is 0 Å². The van der Waals surface area contributed by atoms with Crippen LogP contribution in [0.4, 0.5) is 0 Å². The van der Waals surface area contributed by atoms with Crippen LogP contribution in [0.2, 0.25) is 0 Å². The Labute approximate surface area is 106 Å². The molecule has 0 radical (unpaired) electrons. The molecule has 0 bridgehead atoms. The van der Waals surface area contributed by atoms with Crippen LogP contribution < -0.4 is 5.73 Å². The second kappa shape index (κ2) is 5.14. The van der Waals surface area contributed by atoms with E-state index >= 15 is 0 Å². The molecule has 0 saturated heterocycles. The van der Waals surface area contributed by atoms with Crippen LogP contribution in [0.3, 0.4) is 0 Å². The van der Waals surface area contributed by atoms with Crippen molar-refractivity contribution in [2.75, 3.05) is 6.54 Å². The molecular weight excluding hydrogens is 257 g/mol. The smallest absolute Gasteiger partial charge is 0.221 e. The number of hydrogen-bond donors (Lipinski definition) is 4. The minimum absolute atomic E-state index is 0.130. The van der Waals surface area contributed by atoms with E-state index in [1.54, 1.807) is 12.1 Å². The standard InChI is InChI=1S/C11H18NO3PS/c1-8(2)9-5-3-4-6-10(9)11(13,7-12)16(14,15)17/h3-6,8,13H,7,12H2,1-2H3,(H2,14,15,17). The summed E-state index contributed by atoms with van der Waals surface area (Å²) in [6.45, 7) is -0.326. The number of rotatable bonds is 4. The van der Waals surface area contributed by atoms with Crippen molar-refractivity contribution in [3.63, 3.8) is 0 Å². The number of aliphatic hydroxyl groups is 1. The summed E-state index contributed by atoms with van der Waals surface area (Å²) in [5, 5.41) is 8.44. The predicted molar refractivity (Wildman–Crippen MR) is 72.2 cm³/mol. The molecule has 0 aromatic heterocycles. The van der Waals surface area contributed by atoms with Gasteiger partial charge in [-0.05, 0) is 28.9 Å². The fourth-order valence-corrected chi connectivity index (χ4v) is 3.02. The third-order valence-corrected chi connectivity index (χ3v) is 5.07. The third-order valence-electron chi connectivity index (χ3n) is 2.78. The van der Waals surface area contributed by atoms with E-state index in [1.165, 1.54) is 0 Å². The summed E-state index contributed by atoms with van der Waals surface area (Å²) in [6.07, 6.45) is 0. The molecule has 0 aliphatic heterocycles. The van der Waals surface area contributed by atoms with Crippen molar-refractivity contribution in [3.8, 4) is 0 Å². The van der Waals surface area contributed by atoms with Crippen LogP contribution in [0, 0.1) is 0 Å². The second-order valence-electron chi connectivity index (χ2n) is 4.31. The zero-order valence-electron chi connectivity index (χ0n) is 9.87. The quantitative estimate of drug-likeness (QED) is 0.620. The normalized spacial score (nSPS) is 15.9. The minimum atomic E-state index is -3.91. The molecule has 0 saturated carbocycles. The Balaban J connectivity index is 3.46. The van der Waals surface area contributed by atoms with Gasteiger partial charge in [0.15, 0.2) is 5.34 Å². The van der Waals surface area contributed by atoms with Gasteiger partial charge in [-0.25, -0.2) is 0 Å². The van der Waals surface area contributed by atoms with Crippen molar-refractivity contribution < 1.29 is 14.9 Å². The highest BCUT2D eigenvalue weighted by Crippen LogP contribution is 2.56. The molecule has 1 unspecified atom stereocenters. The van der Waals surface area contributed by atoms with E-state index in [4.69, 9.17) is 5.73 Å². The van der Waals surface area contributed by atoms with Gasteiger partial charge >= 0.3 is 0 Å². The molecule has 0 amide bonds. The first kappa shape index (κ1) is 14.8. The van der Waals surface area contributed by atoms with Crippen LogP contribution in [0.5, 0.6) is 0 Å². The number of nitrogens with two attached hydrogens (primary N) is 1. The molecule has 1 rings (SSSR count). The van der Waals surface area contributed by atoms with E-state index in [0.29, 0.717) is 5.56 Å². The Morgan fingerprint density at radius 2 is 1.88 bits per heavy atom. The molecule has 4 nitrogen and oxygen atoms in total. The van der Waals surface area contributed by atoms with Gasteiger partial charge in [-0.2, -0.15) is 0 Å². The van der Waals surface area contributed by atoms with E-state index < -0.39 is 11.8 Å². The van der Waals surface area contributed by atoms with Gasteiger partial charge in [-0.1, -0.05) is 38.1 Å². The average molecular weight is 275 g/mol. The maximum Gasteiger partial charge on any atom is 0.221 e. The monoisotopic (exact) mass is 275 g/mol. The molecule has 0 spiro atoms. The van der Waals surface area contributed by atoms with Crippen LogP contribution in [0.1, 0.15) is 30.9 Å². The lowest BCUT2D eigenvalue weighted by molar-refractivity contribution is 0.113. The molecule has 1 aromatic rings. The second-order valence-corrected chi connectivity index (χ2v) is 7.66. The van der Waals surface area contributed by atoms with Crippen molar-refractivity contribution in [2.45, 2.75) is 25.1 Å². The summed E-state index contributed by atoms with van der Waals surface area (Å²) in [6, 6.07) is 7.00. The molecule has 0 heterocycles. The highest BCUT2D eigenvalue weighted by Gasteiger charge is 2.43. The van der Waals surface area contributed by atoms with Crippen LogP contribution >= 0.6 is 6.49 Å². The highest BCUT2D eigenvalue weighted by atomic mass is 32.5. The lowest BCUT2D eigenvalue weighted by Gasteiger charge is -2.33. The average Bonchev–Trinajstić information content (AvgIpc) is 2.26. The molecule has 0 aliphatic rings.